The van der Waals surface area contributed by atoms with Crippen molar-refractivity contribution < 1.29 is 4.42 Å². The van der Waals surface area contributed by atoms with Crippen LogP contribution < -0.4 is 0 Å². The van der Waals surface area contributed by atoms with Gasteiger partial charge in [0, 0.05) is 80.0 Å². The summed E-state index contributed by atoms with van der Waals surface area (Å²) in [6.07, 6.45) is 0. The van der Waals surface area contributed by atoms with E-state index >= 15 is 0 Å². The lowest BCUT2D eigenvalue weighted by Crippen LogP contribution is -2.04. The Labute approximate surface area is 435 Å². The zero-order chi connectivity index (χ0) is 49.9. The number of rotatable bonds is 4. The lowest BCUT2D eigenvalue weighted by atomic mass is 10.1. The monoisotopic (exact) mass is 984 g/mol. The molecule has 0 atom stereocenters. The maximum atomic E-state index is 11.5. The highest BCUT2D eigenvalue weighted by atomic mass is 32.1. The van der Waals surface area contributed by atoms with Gasteiger partial charge >= 0.3 is 0 Å². The van der Waals surface area contributed by atoms with Gasteiger partial charge < -0.3 is 22.7 Å². The van der Waals surface area contributed by atoms with E-state index in [2.05, 4.69) is 218 Å². The number of furan rings is 1. The third-order valence-electron chi connectivity index (χ3n) is 16.0. The summed E-state index contributed by atoms with van der Waals surface area (Å²) in [5.74, 6) is 0. The van der Waals surface area contributed by atoms with E-state index < -0.39 is 0 Å². The van der Waals surface area contributed by atoms with Crippen molar-refractivity contribution in [3.05, 3.63) is 230 Å². The zero-order valence-corrected chi connectivity index (χ0v) is 41.1. The number of para-hydroxylation sites is 5. The van der Waals surface area contributed by atoms with Crippen LogP contribution >= 0.6 is 11.3 Å². The Kier molecular flexibility index (Phi) is 8.17. The third kappa shape index (κ3) is 5.42. The highest BCUT2D eigenvalue weighted by molar-refractivity contribution is 7.25. The van der Waals surface area contributed by atoms with E-state index in [0.717, 1.165) is 104 Å². The van der Waals surface area contributed by atoms with Crippen molar-refractivity contribution in [3.63, 3.8) is 0 Å². The fraction of sp³-hybridized carbons (Fsp3) is 0. The van der Waals surface area contributed by atoms with Gasteiger partial charge in [0.25, 0.3) is 0 Å². The zero-order valence-electron chi connectivity index (χ0n) is 40.3. The maximum Gasteiger partial charge on any atom is 0.145 e. The summed E-state index contributed by atoms with van der Waals surface area (Å²) in [5.41, 5.74) is 13.9. The Morgan fingerprint density at radius 3 is 1.37 bits per heavy atom. The van der Waals surface area contributed by atoms with Crippen LogP contribution in [0.4, 0.5) is 0 Å². The maximum absolute atomic E-state index is 11.5. The first kappa shape index (κ1) is 41.1. The summed E-state index contributed by atoms with van der Waals surface area (Å²) < 4.78 is 18.2. The van der Waals surface area contributed by atoms with Crippen molar-refractivity contribution in [2.75, 3.05) is 0 Å². The second-order valence-corrected chi connectivity index (χ2v) is 20.9. The van der Waals surface area contributed by atoms with Gasteiger partial charge in [0.2, 0.25) is 0 Å². The number of hydrogen-bond donors (Lipinski definition) is 0. The first-order valence-corrected chi connectivity index (χ1v) is 26.2. The van der Waals surface area contributed by atoms with E-state index in [1.165, 1.54) is 37.0 Å². The molecule has 8 heteroatoms. The molecule has 0 N–H and O–H groups in total. The number of thiophene rings is 1. The van der Waals surface area contributed by atoms with Crippen LogP contribution in [0.3, 0.4) is 0 Å². The summed E-state index contributed by atoms with van der Waals surface area (Å²) in [6.45, 7) is 0. The predicted octanol–water partition coefficient (Wildman–Crippen LogP) is 18.1. The molecular weight excluding hydrogens is 949 g/mol. The Hall–Kier alpha value is -10.4. The second kappa shape index (κ2) is 15.1. The molecule has 11 aromatic carbocycles. The minimum atomic E-state index is 0.434. The topological polar surface area (TPSA) is 80.4 Å². The van der Waals surface area contributed by atoms with Crippen molar-refractivity contribution >= 4 is 141 Å². The second-order valence-electron chi connectivity index (χ2n) is 19.8. The first-order chi connectivity index (χ1) is 37.6. The molecule has 76 heavy (non-hydrogen) atoms. The number of aromatic nitrogens is 4. The van der Waals surface area contributed by atoms with Crippen LogP contribution in [0.5, 0.6) is 0 Å². The van der Waals surface area contributed by atoms with Crippen LogP contribution in [0.1, 0.15) is 11.1 Å². The Morgan fingerprint density at radius 2 is 0.776 bits per heavy atom. The van der Waals surface area contributed by atoms with E-state index in [4.69, 9.17) is 4.42 Å². The number of fused-ring (bicyclic) bond motifs is 19. The molecule has 0 radical (unpaired) electrons. The van der Waals surface area contributed by atoms with Crippen molar-refractivity contribution in [1.82, 2.24) is 18.3 Å². The van der Waals surface area contributed by atoms with Gasteiger partial charge in [0.1, 0.15) is 23.3 Å². The molecule has 0 aliphatic carbocycles. The van der Waals surface area contributed by atoms with Gasteiger partial charge in [0.15, 0.2) is 0 Å². The molecule has 0 bridgehead atoms. The molecule has 0 fully saturated rings. The molecule has 6 aromatic heterocycles. The summed E-state index contributed by atoms with van der Waals surface area (Å²) >= 11 is 1.77. The summed E-state index contributed by atoms with van der Waals surface area (Å²) in [7, 11) is 0. The van der Waals surface area contributed by atoms with Crippen molar-refractivity contribution in [2.45, 2.75) is 0 Å². The Balaban J connectivity index is 0.938. The first-order valence-electron chi connectivity index (χ1n) is 25.4. The van der Waals surface area contributed by atoms with E-state index in [9.17, 15) is 10.5 Å². The molecule has 0 unspecified atom stereocenters. The minimum absolute atomic E-state index is 0.434. The molecule has 0 amide bonds. The molecule has 17 rings (SSSR count). The normalized spacial score (nSPS) is 12.2. The molecule has 350 valence electrons. The van der Waals surface area contributed by atoms with Gasteiger partial charge in [-0.1, -0.05) is 109 Å². The van der Waals surface area contributed by atoms with E-state index in [1.807, 2.05) is 30.3 Å². The molecule has 6 heterocycles. The van der Waals surface area contributed by atoms with E-state index in [1.54, 1.807) is 11.3 Å². The Bertz CT molecular complexity index is 5360. The van der Waals surface area contributed by atoms with Gasteiger partial charge in [0.05, 0.1) is 72.0 Å². The molecule has 0 saturated heterocycles. The van der Waals surface area contributed by atoms with Gasteiger partial charge in [-0.3, -0.25) is 0 Å². The largest absolute Gasteiger partial charge is 0.455 e. The van der Waals surface area contributed by atoms with Gasteiger partial charge in [-0.05, 0) is 109 Å². The molecule has 17 aromatic rings. The fourth-order valence-corrected chi connectivity index (χ4v) is 13.9. The molecule has 0 saturated carbocycles. The van der Waals surface area contributed by atoms with Gasteiger partial charge in [-0.15, -0.1) is 11.3 Å². The van der Waals surface area contributed by atoms with Gasteiger partial charge in [-0.25, -0.2) is 0 Å². The molecule has 7 nitrogen and oxygen atoms in total. The summed E-state index contributed by atoms with van der Waals surface area (Å²) in [5, 5.41) is 36.2. The van der Waals surface area contributed by atoms with Crippen molar-refractivity contribution in [1.29, 1.82) is 10.5 Å². The van der Waals surface area contributed by atoms with Crippen LogP contribution in [0.2, 0.25) is 0 Å². The highest BCUT2D eigenvalue weighted by Gasteiger charge is 2.26. The number of nitriles is 2. The number of hydrogen-bond acceptors (Lipinski definition) is 4. The Morgan fingerprint density at radius 1 is 0.316 bits per heavy atom. The third-order valence-corrected chi connectivity index (χ3v) is 17.2. The lowest BCUT2D eigenvalue weighted by Gasteiger charge is -2.16. The van der Waals surface area contributed by atoms with Crippen LogP contribution in [-0.4, -0.2) is 18.3 Å². The van der Waals surface area contributed by atoms with Crippen LogP contribution in [-0.2, 0) is 0 Å². The lowest BCUT2D eigenvalue weighted by molar-refractivity contribution is 0.673. The average molecular weight is 985 g/mol. The van der Waals surface area contributed by atoms with E-state index in [-0.39, 0.29) is 0 Å². The molecular formula is C68H36N6OS. The fourth-order valence-electron chi connectivity index (χ4n) is 12.8. The summed E-state index contributed by atoms with van der Waals surface area (Å²) in [6, 6.07) is 82.2. The minimum Gasteiger partial charge on any atom is -0.455 e. The summed E-state index contributed by atoms with van der Waals surface area (Å²) in [4.78, 5) is 0. The average Bonchev–Trinajstić information content (AvgIpc) is 4.34. The van der Waals surface area contributed by atoms with Crippen LogP contribution in [0.25, 0.3) is 152 Å². The molecule has 0 spiro atoms. The van der Waals surface area contributed by atoms with E-state index in [0.29, 0.717) is 22.5 Å². The standard InChI is InChI=1S/C68H36N6OS/c69-37-39-32-62(74-58-28-25-41(71-54-19-7-1-13-43(54)44-14-2-8-20-55(44)71)33-50(58)51-35-52-48-18-6-12-24-65(48)76-66(52)36-63(51)74)40(38-70)31-61(39)73-59-29-26-42(72-56-21-9-3-15-45(56)46-16-4-10-22-57(46)72)34-53(59)67-60(73)30-27-49-47-17-5-11-23-64(47)75-68(49)67/h1-36H. The quantitative estimate of drug-likeness (QED) is 0.176. The SMILES string of the molecule is N#Cc1cc(-n2c3ccc(-n4c5ccccc5c5ccccc54)cc3c3c4oc5ccccc5c4ccc32)c(C#N)cc1-n1c2ccc(-n3c4ccccc4c4ccccc43)cc2c2cc3c(cc21)sc1ccccc13. The van der Waals surface area contributed by atoms with Crippen molar-refractivity contribution in [3.8, 4) is 34.9 Å². The smallest absolute Gasteiger partial charge is 0.145 e. The number of benzene rings is 11. The van der Waals surface area contributed by atoms with Gasteiger partial charge in [-0.2, -0.15) is 10.5 Å². The van der Waals surface area contributed by atoms with Crippen LogP contribution in [0.15, 0.2) is 223 Å². The molecule has 0 aliphatic heterocycles. The number of nitrogens with zero attached hydrogens (tertiary/aromatic N) is 6. The van der Waals surface area contributed by atoms with Crippen LogP contribution in [0, 0.1) is 22.7 Å². The van der Waals surface area contributed by atoms with Crippen molar-refractivity contribution in [2.24, 2.45) is 0 Å². The predicted molar refractivity (Wildman–Crippen MR) is 313 cm³/mol. The highest BCUT2D eigenvalue weighted by Crippen LogP contribution is 2.46. The molecule has 0 aliphatic rings.